The third kappa shape index (κ3) is 1.69. The second-order valence-electron chi connectivity index (χ2n) is 2.10. The van der Waals surface area contributed by atoms with Gasteiger partial charge in [0.05, 0.1) is 9.37 Å². The molecule has 0 bridgehead atoms. The zero-order valence-corrected chi connectivity index (χ0v) is 8.71. The van der Waals surface area contributed by atoms with Crippen LogP contribution in [0.1, 0.15) is 10.4 Å². The van der Waals surface area contributed by atoms with E-state index in [0.29, 0.717) is 21.2 Å². The first kappa shape index (κ1) is 9.74. The second-order valence-corrected chi connectivity index (χ2v) is 3.77. The topological polar surface area (TPSA) is 17.1 Å². The minimum absolute atomic E-state index is 0.368. The van der Waals surface area contributed by atoms with Crippen LogP contribution in [0.3, 0.4) is 0 Å². The Morgan fingerprint density at radius 2 is 2.25 bits per heavy atom. The van der Waals surface area contributed by atoms with E-state index < -0.39 is 0 Å². The van der Waals surface area contributed by atoms with Gasteiger partial charge in [0.25, 0.3) is 0 Å². The van der Waals surface area contributed by atoms with Crippen LogP contribution in [0.5, 0.6) is 0 Å². The summed E-state index contributed by atoms with van der Waals surface area (Å²) in [6.07, 6.45) is 2.39. The van der Waals surface area contributed by atoms with Gasteiger partial charge in [-0.2, -0.15) is 0 Å². The Kier molecular flexibility index (Phi) is 3.29. The lowest BCUT2D eigenvalue weighted by Crippen LogP contribution is -1.90. The molecule has 0 N–H and O–H groups in total. The van der Waals surface area contributed by atoms with E-state index in [4.69, 9.17) is 0 Å². The highest BCUT2D eigenvalue weighted by atomic mass is 79.9. The number of carbonyl (C=O) groups excluding carboxylic acids is 1. The van der Waals surface area contributed by atoms with Crippen molar-refractivity contribution in [3.8, 4) is 0 Å². The van der Waals surface area contributed by atoms with Crippen molar-refractivity contribution in [2.24, 2.45) is 0 Å². The lowest BCUT2D eigenvalue weighted by molar-refractivity contribution is 0.112. The molecule has 1 rings (SSSR count). The van der Waals surface area contributed by atoms with Gasteiger partial charge in [-0.15, -0.1) is 11.8 Å². The summed E-state index contributed by atoms with van der Waals surface area (Å²) in [5.74, 6) is -0.368. The molecule has 1 aromatic carbocycles. The Morgan fingerprint density at radius 1 is 1.58 bits per heavy atom. The molecule has 0 aliphatic heterocycles. The minimum Gasteiger partial charge on any atom is -0.298 e. The summed E-state index contributed by atoms with van der Waals surface area (Å²) in [6.45, 7) is 0. The summed E-state index contributed by atoms with van der Waals surface area (Å²) >= 11 is 4.27. The highest BCUT2D eigenvalue weighted by molar-refractivity contribution is 9.10. The summed E-state index contributed by atoms with van der Waals surface area (Å²) in [4.78, 5) is 10.8. The molecule has 4 heteroatoms. The molecule has 1 aromatic rings. The quantitative estimate of drug-likeness (QED) is 0.591. The Balaban J connectivity index is 3.35. The van der Waals surface area contributed by atoms with Crippen molar-refractivity contribution in [1.29, 1.82) is 0 Å². The first-order chi connectivity index (χ1) is 5.70. The molecule has 0 saturated carbocycles. The maximum atomic E-state index is 13.2. The summed E-state index contributed by atoms with van der Waals surface area (Å²) < 4.78 is 13.6. The van der Waals surface area contributed by atoms with Gasteiger partial charge in [0.1, 0.15) is 0 Å². The predicted molar refractivity (Wildman–Crippen MR) is 51.3 cm³/mol. The molecular weight excluding hydrogens is 243 g/mol. The van der Waals surface area contributed by atoms with Crippen LogP contribution in [0, 0.1) is 5.82 Å². The molecule has 0 saturated heterocycles. The second kappa shape index (κ2) is 4.05. The van der Waals surface area contributed by atoms with Gasteiger partial charge in [-0.25, -0.2) is 4.39 Å². The molecule has 0 aliphatic carbocycles. The molecule has 0 aliphatic rings. The Hall–Kier alpha value is -0.350. The fourth-order valence-electron chi connectivity index (χ4n) is 0.847. The maximum absolute atomic E-state index is 13.2. The fraction of sp³-hybridized carbons (Fsp3) is 0.125. The van der Waals surface area contributed by atoms with E-state index in [1.807, 2.05) is 0 Å². The number of benzene rings is 1. The Bertz CT molecular complexity index is 314. The van der Waals surface area contributed by atoms with Gasteiger partial charge in [-0.1, -0.05) is 0 Å². The summed E-state index contributed by atoms with van der Waals surface area (Å²) in [7, 11) is 0. The normalized spacial score (nSPS) is 9.92. The average molecular weight is 249 g/mol. The Morgan fingerprint density at radius 3 is 2.75 bits per heavy atom. The molecule has 12 heavy (non-hydrogen) atoms. The van der Waals surface area contributed by atoms with Crippen molar-refractivity contribution < 1.29 is 9.18 Å². The number of thioether (sulfide) groups is 1. The van der Waals surface area contributed by atoms with Gasteiger partial charge >= 0.3 is 0 Å². The van der Waals surface area contributed by atoms with Crippen LogP contribution in [0.15, 0.2) is 21.5 Å². The minimum atomic E-state index is -0.368. The SMILES string of the molecule is CSc1c(C=O)ccc(Br)c1F. The average Bonchev–Trinajstić information content (AvgIpc) is 2.09. The number of rotatable bonds is 2. The van der Waals surface area contributed by atoms with Crippen LogP contribution in [-0.2, 0) is 0 Å². The van der Waals surface area contributed by atoms with Gasteiger partial charge in [-0.3, -0.25) is 4.79 Å². The van der Waals surface area contributed by atoms with E-state index in [1.54, 1.807) is 12.3 Å². The zero-order valence-electron chi connectivity index (χ0n) is 6.30. The lowest BCUT2D eigenvalue weighted by Gasteiger charge is -2.03. The standard InChI is InChI=1S/C8H6BrFOS/c1-12-8-5(4-11)2-3-6(9)7(8)10/h2-4H,1H3. The van der Waals surface area contributed by atoms with Gasteiger partial charge in [0.15, 0.2) is 12.1 Å². The van der Waals surface area contributed by atoms with E-state index in [2.05, 4.69) is 15.9 Å². The van der Waals surface area contributed by atoms with Crippen molar-refractivity contribution in [3.63, 3.8) is 0 Å². The van der Waals surface area contributed by atoms with E-state index in [1.165, 1.54) is 17.8 Å². The Labute approximate surface area is 82.5 Å². The van der Waals surface area contributed by atoms with Crippen LogP contribution in [0.4, 0.5) is 4.39 Å². The molecule has 0 spiro atoms. The van der Waals surface area contributed by atoms with Crippen molar-refractivity contribution in [2.45, 2.75) is 4.90 Å². The molecule has 0 heterocycles. The molecule has 64 valence electrons. The van der Waals surface area contributed by atoms with E-state index in [0.717, 1.165) is 0 Å². The highest BCUT2D eigenvalue weighted by Gasteiger charge is 2.09. The molecule has 0 fully saturated rings. The third-order valence-electron chi connectivity index (χ3n) is 1.41. The molecular formula is C8H6BrFOS. The monoisotopic (exact) mass is 248 g/mol. The number of aldehydes is 1. The van der Waals surface area contributed by atoms with Gasteiger partial charge in [-0.05, 0) is 34.3 Å². The van der Waals surface area contributed by atoms with Crippen molar-refractivity contribution in [3.05, 3.63) is 28.0 Å². The lowest BCUT2D eigenvalue weighted by atomic mass is 10.2. The number of carbonyl (C=O) groups is 1. The molecule has 1 nitrogen and oxygen atoms in total. The van der Waals surface area contributed by atoms with Crippen molar-refractivity contribution in [1.82, 2.24) is 0 Å². The van der Waals surface area contributed by atoms with Crippen LogP contribution >= 0.6 is 27.7 Å². The molecule has 0 unspecified atom stereocenters. The first-order valence-corrected chi connectivity index (χ1v) is 5.19. The first-order valence-electron chi connectivity index (χ1n) is 3.18. The van der Waals surface area contributed by atoms with Gasteiger partial charge < -0.3 is 0 Å². The summed E-state index contributed by atoms with van der Waals surface area (Å²) in [5, 5.41) is 0. The van der Waals surface area contributed by atoms with Crippen molar-refractivity contribution >= 4 is 34.0 Å². The zero-order chi connectivity index (χ0) is 9.14. The predicted octanol–water partition coefficient (Wildman–Crippen LogP) is 3.12. The van der Waals surface area contributed by atoms with Crippen LogP contribution in [0.2, 0.25) is 0 Å². The smallest absolute Gasteiger partial charge is 0.151 e. The van der Waals surface area contributed by atoms with Crippen LogP contribution in [-0.4, -0.2) is 12.5 Å². The van der Waals surface area contributed by atoms with E-state index in [-0.39, 0.29) is 5.82 Å². The van der Waals surface area contributed by atoms with Gasteiger partial charge in [0.2, 0.25) is 0 Å². The van der Waals surface area contributed by atoms with E-state index >= 15 is 0 Å². The molecule has 0 radical (unpaired) electrons. The van der Waals surface area contributed by atoms with Crippen molar-refractivity contribution in [2.75, 3.05) is 6.26 Å². The largest absolute Gasteiger partial charge is 0.298 e. The molecule has 0 atom stereocenters. The molecule has 0 amide bonds. The molecule has 0 aromatic heterocycles. The maximum Gasteiger partial charge on any atom is 0.151 e. The number of halogens is 2. The number of hydrogen-bond donors (Lipinski definition) is 0. The summed E-state index contributed by atoms with van der Waals surface area (Å²) in [6, 6.07) is 3.12. The summed E-state index contributed by atoms with van der Waals surface area (Å²) in [5.41, 5.74) is 0.392. The van der Waals surface area contributed by atoms with Gasteiger partial charge in [0, 0.05) is 5.56 Å². The third-order valence-corrected chi connectivity index (χ3v) is 2.85. The fourth-order valence-corrected chi connectivity index (χ4v) is 1.95. The van der Waals surface area contributed by atoms with E-state index in [9.17, 15) is 9.18 Å². The number of hydrogen-bond acceptors (Lipinski definition) is 2. The van der Waals surface area contributed by atoms with Crippen LogP contribution < -0.4 is 0 Å². The highest BCUT2D eigenvalue weighted by Crippen LogP contribution is 2.28. The van der Waals surface area contributed by atoms with Crippen LogP contribution in [0.25, 0.3) is 0 Å².